The fourth-order valence-corrected chi connectivity index (χ4v) is 2.74. The lowest BCUT2D eigenvalue weighted by atomic mass is 9.94. The number of carbonyl (C=O) groups is 1. The highest BCUT2D eigenvalue weighted by Crippen LogP contribution is 2.19. The first-order chi connectivity index (χ1) is 11.7. The first kappa shape index (κ1) is 18.3. The van der Waals surface area contributed by atoms with E-state index in [1.807, 2.05) is 18.2 Å². The van der Waals surface area contributed by atoms with E-state index in [0.29, 0.717) is 0 Å². The van der Waals surface area contributed by atoms with E-state index < -0.39 is 0 Å². The Balaban J connectivity index is 0.000000219. The van der Waals surface area contributed by atoms with Gasteiger partial charge in [0.1, 0.15) is 6.29 Å². The Bertz CT molecular complexity index is 590. The Morgan fingerprint density at radius 2 is 1.96 bits per heavy atom. The van der Waals surface area contributed by atoms with Crippen molar-refractivity contribution in [3.63, 3.8) is 0 Å². The highest BCUT2D eigenvalue weighted by Gasteiger charge is 2.19. The van der Waals surface area contributed by atoms with Crippen molar-refractivity contribution in [1.82, 2.24) is 15.0 Å². The van der Waals surface area contributed by atoms with Gasteiger partial charge in [0.2, 0.25) is 5.89 Å². The SMILES string of the molecule is CCCc1nc(CC2CCN(C)CC2)no1.O=Cc1ccccc1. The van der Waals surface area contributed by atoms with Crippen molar-refractivity contribution in [1.29, 1.82) is 0 Å². The van der Waals surface area contributed by atoms with Crippen molar-refractivity contribution in [2.75, 3.05) is 20.1 Å². The van der Waals surface area contributed by atoms with Gasteiger partial charge in [0.25, 0.3) is 0 Å². The smallest absolute Gasteiger partial charge is 0.226 e. The van der Waals surface area contributed by atoms with Crippen molar-refractivity contribution in [3.05, 3.63) is 47.6 Å². The normalized spacial score (nSPS) is 15.6. The molecule has 0 bridgehead atoms. The summed E-state index contributed by atoms with van der Waals surface area (Å²) in [5, 5.41) is 4.05. The Kier molecular flexibility index (Phi) is 7.62. The Labute approximate surface area is 144 Å². The second-order valence-electron chi connectivity index (χ2n) is 6.33. The average molecular weight is 329 g/mol. The van der Waals surface area contributed by atoms with Crippen molar-refractivity contribution in [2.24, 2.45) is 5.92 Å². The molecule has 1 saturated heterocycles. The summed E-state index contributed by atoms with van der Waals surface area (Å²) in [4.78, 5) is 16.8. The predicted octanol–water partition coefficient (Wildman–Crippen LogP) is 3.41. The van der Waals surface area contributed by atoms with Crippen LogP contribution in [0.25, 0.3) is 0 Å². The highest BCUT2D eigenvalue weighted by atomic mass is 16.5. The van der Waals surface area contributed by atoms with Gasteiger partial charge in [0.05, 0.1) is 0 Å². The highest BCUT2D eigenvalue weighted by molar-refractivity contribution is 5.74. The van der Waals surface area contributed by atoms with Crippen LogP contribution in [0.3, 0.4) is 0 Å². The van der Waals surface area contributed by atoms with Crippen molar-refractivity contribution >= 4 is 6.29 Å². The molecule has 2 heterocycles. The second kappa shape index (κ2) is 9.98. The molecule has 1 fully saturated rings. The number of rotatable bonds is 5. The van der Waals surface area contributed by atoms with Gasteiger partial charge >= 0.3 is 0 Å². The molecule has 130 valence electrons. The Hall–Kier alpha value is -2.01. The summed E-state index contributed by atoms with van der Waals surface area (Å²) in [6.07, 6.45) is 6.31. The van der Waals surface area contributed by atoms with Gasteiger partial charge in [-0.15, -0.1) is 0 Å². The lowest BCUT2D eigenvalue weighted by Gasteiger charge is -2.27. The maximum Gasteiger partial charge on any atom is 0.226 e. The minimum Gasteiger partial charge on any atom is -0.339 e. The zero-order chi connectivity index (χ0) is 17.2. The summed E-state index contributed by atoms with van der Waals surface area (Å²) in [7, 11) is 2.18. The minimum atomic E-state index is 0.729. The van der Waals surface area contributed by atoms with Gasteiger partial charge in [-0.05, 0) is 45.3 Å². The third-order valence-corrected chi connectivity index (χ3v) is 4.22. The first-order valence-electron chi connectivity index (χ1n) is 8.71. The predicted molar refractivity (Wildman–Crippen MR) is 94.0 cm³/mol. The van der Waals surface area contributed by atoms with E-state index in [-0.39, 0.29) is 0 Å². The average Bonchev–Trinajstić information content (AvgIpc) is 3.06. The maximum absolute atomic E-state index is 10.0. The summed E-state index contributed by atoms with van der Waals surface area (Å²) in [6, 6.07) is 9.10. The van der Waals surface area contributed by atoms with Crippen LogP contribution in [-0.4, -0.2) is 41.5 Å². The molecule has 24 heavy (non-hydrogen) atoms. The molecule has 1 aliphatic rings. The van der Waals surface area contributed by atoms with Gasteiger partial charge in [-0.3, -0.25) is 4.79 Å². The zero-order valence-corrected chi connectivity index (χ0v) is 14.6. The molecule has 0 unspecified atom stereocenters. The van der Waals surface area contributed by atoms with Crippen molar-refractivity contribution < 1.29 is 9.32 Å². The van der Waals surface area contributed by atoms with Crippen LogP contribution >= 0.6 is 0 Å². The monoisotopic (exact) mass is 329 g/mol. The summed E-state index contributed by atoms with van der Waals surface area (Å²) < 4.78 is 5.20. The van der Waals surface area contributed by atoms with Gasteiger partial charge < -0.3 is 9.42 Å². The Morgan fingerprint density at radius 1 is 1.25 bits per heavy atom. The third kappa shape index (κ3) is 6.24. The molecule has 0 spiro atoms. The molecule has 0 atom stereocenters. The van der Waals surface area contributed by atoms with E-state index in [2.05, 4.69) is 29.0 Å². The van der Waals surface area contributed by atoms with Crippen LogP contribution < -0.4 is 0 Å². The number of carbonyl (C=O) groups excluding carboxylic acids is 1. The molecule has 2 aromatic rings. The standard InChI is InChI=1S/C12H21N3O.C7H6O/c1-3-4-12-13-11(14-16-12)9-10-5-7-15(2)8-6-10;8-6-7-4-2-1-3-5-7/h10H,3-9H2,1-2H3;1-6H. The number of piperidine rings is 1. The molecule has 1 aromatic heterocycles. The van der Waals surface area contributed by atoms with E-state index in [0.717, 1.165) is 48.7 Å². The molecular weight excluding hydrogens is 302 g/mol. The molecule has 3 rings (SSSR count). The fourth-order valence-electron chi connectivity index (χ4n) is 2.74. The number of benzene rings is 1. The van der Waals surface area contributed by atoms with Crippen LogP contribution in [0.5, 0.6) is 0 Å². The van der Waals surface area contributed by atoms with Gasteiger partial charge in [0, 0.05) is 18.4 Å². The number of nitrogens with zero attached hydrogens (tertiary/aromatic N) is 3. The summed E-state index contributed by atoms with van der Waals surface area (Å²) in [5.41, 5.74) is 0.729. The summed E-state index contributed by atoms with van der Waals surface area (Å²) in [6.45, 7) is 4.52. The molecule has 0 amide bonds. The maximum atomic E-state index is 10.0. The van der Waals surface area contributed by atoms with Gasteiger partial charge in [0.15, 0.2) is 5.82 Å². The van der Waals surface area contributed by atoms with Crippen LogP contribution in [0, 0.1) is 5.92 Å². The molecular formula is C19H27N3O2. The number of likely N-dealkylation sites (tertiary alicyclic amines) is 1. The largest absolute Gasteiger partial charge is 0.339 e. The minimum absolute atomic E-state index is 0.729. The number of aldehydes is 1. The van der Waals surface area contributed by atoms with Gasteiger partial charge in [-0.2, -0.15) is 4.98 Å². The lowest BCUT2D eigenvalue weighted by molar-refractivity contribution is 0.112. The van der Waals surface area contributed by atoms with E-state index in [9.17, 15) is 4.79 Å². The van der Waals surface area contributed by atoms with E-state index >= 15 is 0 Å². The molecule has 5 heteroatoms. The Morgan fingerprint density at radius 3 is 2.54 bits per heavy atom. The van der Waals surface area contributed by atoms with Crippen LogP contribution in [0.2, 0.25) is 0 Å². The molecule has 0 saturated carbocycles. The van der Waals surface area contributed by atoms with Crippen LogP contribution in [-0.2, 0) is 12.8 Å². The zero-order valence-electron chi connectivity index (χ0n) is 14.6. The van der Waals surface area contributed by atoms with Gasteiger partial charge in [-0.1, -0.05) is 42.4 Å². The first-order valence-corrected chi connectivity index (χ1v) is 8.71. The molecule has 0 radical (unpaired) electrons. The molecule has 0 N–H and O–H groups in total. The fraction of sp³-hybridized carbons (Fsp3) is 0.526. The summed E-state index contributed by atoms with van der Waals surface area (Å²) in [5.74, 6) is 2.44. The number of hydrogen-bond acceptors (Lipinski definition) is 5. The molecule has 5 nitrogen and oxygen atoms in total. The quantitative estimate of drug-likeness (QED) is 0.787. The number of hydrogen-bond donors (Lipinski definition) is 0. The van der Waals surface area contributed by atoms with Crippen LogP contribution in [0.15, 0.2) is 34.9 Å². The second-order valence-corrected chi connectivity index (χ2v) is 6.33. The van der Waals surface area contributed by atoms with E-state index in [1.54, 1.807) is 12.1 Å². The number of aryl methyl sites for hydroxylation is 1. The summed E-state index contributed by atoms with van der Waals surface area (Å²) >= 11 is 0. The van der Waals surface area contributed by atoms with Crippen LogP contribution in [0.4, 0.5) is 0 Å². The van der Waals surface area contributed by atoms with Crippen molar-refractivity contribution in [3.8, 4) is 0 Å². The van der Waals surface area contributed by atoms with Crippen molar-refractivity contribution in [2.45, 2.75) is 39.0 Å². The third-order valence-electron chi connectivity index (χ3n) is 4.22. The topological polar surface area (TPSA) is 59.2 Å². The lowest BCUT2D eigenvalue weighted by Crippen LogP contribution is -2.31. The van der Waals surface area contributed by atoms with Crippen LogP contribution in [0.1, 0.15) is 48.3 Å². The van der Waals surface area contributed by atoms with E-state index in [1.165, 1.54) is 25.9 Å². The molecule has 1 aromatic carbocycles. The van der Waals surface area contributed by atoms with Gasteiger partial charge in [-0.25, -0.2) is 0 Å². The number of aromatic nitrogens is 2. The van der Waals surface area contributed by atoms with E-state index in [4.69, 9.17) is 4.52 Å². The molecule has 1 aliphatic heterocycles. The molecule has 0 aliphatic carbocycles.